The van der Waals surface area contributed by atoms with E-state index in [2.05, 4.69) is 0 Å². The van der Waals surface area contributed by atoms with Crippen LogP contribution in [0.5, 0.6) is 0 Å². The van der Waals surface area contributed by atoms with Gasteiger partial charge in [0.15, 0.2) is 0 Å². The second-order valence-electron chi connectivity index (χ2n) is 4.79. The zero-order valence-corrected chi connectivity index (χ0v) is 9.53. The maximum Gasteiger partial charge on any atom is 0.237 e. The standard InChI is InChI=1S/C12H16N2O2/c1-2-9(8-13)14-10(15)7-12(11(14)16)5-3-4-6-12/h9H,2-7H2,1H3. The average molecular weight is 220 g/mol. The highest BCUT2D eigenvalue weighted by Gasteiger charge is 2.54. The van der Waals surface area contributed by atoms with Gasteiger partial charge in [-0.05, 0) is 19.3 Å². The summed E-state index contributed by atoms with van der Waals surface area (Å²) in [4.78, 5) is 25.3. The first-order chi connectivity index (χ1) is 7.64. The molecule has 1 aliphatic heterocycles. The van der Waals surface area contributed by atoms with Crippen LogP contribution in [0.3, 0.4) is 0 Å². The number of rotatable bonds is 2. The monoisotopic (exact) mass is 220 g/mol. The Labute approximate surface area is 95.2 Å². The summed E-state index contributed by atoms with van der Waals surface area (Å²) >= 11 is 0. The third kappa shape index (κ3) is 1.42. The molecular formula is C12H16N2O2. The molecule has 0 bridgehead atoms. The lowest BCUT2D eigenvalue weighted by Gasteiger charge is -2.23. The summed E-state index contributed by atoms with van der Waals surface area (Å²) in [5.41, 5.74) is -0.443. The number of amides is 2. The highest BCUT2D eigenvalue weighted by molar-refractivity contribution is 6.06. The molecule has 1 saturated carbocycles. The molecule has 16 heavy (non-hydrogen) atoms. The number of carbonyl (C=O) groups is 2. The van der Waals surface area contributed by atoms with Crippen LogP contribution in [-0.4, -0.2) is 22.8 Å². The van der Waals surface area contributed by atoms with Crippen molar-refractivity contribution in [3.63, 3.8) is 0 Å². The van der Waals surface area contributed by atoms with E-state index in [1.165, 1.54) is 4.90 Å². The predicted molar refractivity (Wildman–Crippen MR) is 57.1 cm³/mol. The Hall–Kier alpha value is -1.37. The van der Waals surface area contributed by atoms with Crippen LogP contribution in [0.2, 0.25) is 0 Å². The van der Waals surface area contributed by atoms with E-state index in [0.717, 1.165) is 25.7 Å². The van der Waals surface area contributed by atoms with Crippen LogP contribution in [0.4, 0.5) is 0 Å². The first-order valence-electron chi connectivity index (χ1n) is 5.91. The van der Waals surface area contributed by atoms with Gasteiger partial charge in [-0.3, -0.25) is 14.5 Å². The number of carbonyl (C=O) groups excluding carboxylic acids is 2. The minimum atomic E-state index is -0.569. The zero-order chi connectivity index (χ0) is 11.8. The van der Waals surface area contributed by atoms with Gasteiger partial charge in [0.1, 0.15) is 6.04 Å². The van der Waals surface area contributed by atoms with E-state index in [1.54, 1.807) is 0 Å². The molecule has 0 aromatic heterocycles. The van der Waals surface area contributed by atoms with Gasteiger partial charge in [0, 0.05) is 6.42 Å². The molecular weight excluding hydrogens is 204 g/mol. The van der Waals surface area contributed by atoms with Gasteiger partial charge in [0.05, 0.1) is 11.5 Å². The van der Waals surface area contributed by atoms with Crippen molar-refractivity contribution in [3.8, 4) is 6.07 Å². The smallest absolute Gasteiger partial charge is 0.237 e. The third-order valence-corrected chi connectivity index (χ3v) is 3.84. The summed E-state index contributed by atoms with van der Waals surface area (Å²) in [5.74, 6) is -0.247. The molecule has 1 aliphatic carbocycles. The molecule has 1 unspecified atom stereocenters. The lowest BCUT2D eigenvalue weighted by Crippen LogP contribution is -2.41. The molecule has 1 heterocycles. The van der Waals surface area contributed by atoms with Crippen molar-refractivity contribution in [2.24, 2.45) is 5.41 Å². The number of imide groups is 1. The first-order valence-corrected chi connectivity index (χ1v) is 5.91. The Bertz CT molecular complexity index is 364. The third-order valence-electron chi connectivity index (χ3n) is 3.84. The Morgan fingerprint density at radius 1 is 1.44 bits per heavy atom. The number of nitriles is 1. The van der Waals surface area contributed by atoms with E-state index < -0.39 is 11.5 Å². The van der Waals surface area contributed by atoms with Crippen molar-refractivity contribution in [3.05, 3.63) is 0 Å². The molecule has 0 aromatic carbocycles. The molecule has 2 amide bonds. The minimum absolute atomic E-state index is 0.0941. The summed E-state index contributed by atoms with van der Waals surface area (Å²) in [6.45, 7) is 1.83. The van der Waals surface area contributed by atoms with Crippen molar-refractivity contribution in [1.29, 1.82) is 5.26 Å². The lowest BCUT2D eigenvalue weighted by atomic mass is 9.84. The molecule has 2 fully saturated rings. The lowest BCUT2D eigenvalue weighted by molar-refractivity contribution is -0.142. The highest BCUT2D eigenvalue weighted by atomic mass is 16.2. The van der Waals surface area contributed by atoms with Crippen molar-refractivity contribution < 1.29 is 9.59 Å². The molecule has 0 aromatic rings. The normalized spacial score (nSPS) is 25.1. The van der Waals surface area contributed by atoms with Crippen LogP contribution in [0.15, 0.2) is 0 Å². The van der Waals surface area contributed by atoms with E-state index in [0.29, 0.717) is 12.8 Å². The molecule has 0 N–H and O–H groups in total. The van der Waals surface area contributed by atoms with Gasteiger partial charge in [-0.15, -0.1) is 0 Å². The molecule has 4 heteroatoms. The largest absolute Gasteiger partial charge is 0.274 e. The van der Waals surface area contributed by atoms with Gasteiger partial charge >= 0.3 is 0 Å². The quantitative estimate of drug-likeness (QED) is 0.664. The summed E-state index contributed by atoms with van der Waals surface area (Å²) in [6.07, 6.45) is 4.52. The van der Waals surface area contributed by atoms with Crippen LogP contribution in [0, 0.1) is 16.7 Å². The van der Waals surface area contributed by atoms with Crippen LogP contribution >= 0.6 is 0 Å². The maximum absolute atomic E-state index is 12.3. The molecule has 1 atom stereocenters. The fraction of sp³-hybridized carbons (Fsp3) is 0.750. The molecule has 2 rings (SSSR count). The summed E-state index contributed by atoms with van der Waals surface area (Å²) < 4.78 is 0. The Balaban J connectivity index is 2.26. The van der Waals surface area contributed by atoms with Crippen LogP contribution < -0.4 is 0 Å². The van der Waals surface area contributed by atoms with E-state index in [9.17, 15) is 9.59 Å². The van der Waals surface area contributed by atoms with E-state index >= 15 is 0 Å². The average Bonchev–Trinajstić information content (AvgIpc) is 2.81. The maximum atomic E-state index is 12.3. The van der Waals surface area contributed by atoms with Crippen molar-refractivity contribution in [1.82, 2.24) is 4.90 Å². The van der Waals surface area contributed by atoms with Gasteiger partial charge < -0.3 is 0 Å². The molecule has 1 saturated heterocycles. The van der Waals surface area contributed by atoms with Crippen molar-refractivity contribution >= 4 is 11.8 Å². The zero-order valence-electron chi connectivity index (χ0n) is 9.53. The van der Waals surface area contributed by atoms with Gasteiger partial charge in [-0.25, -0.2) is 0 Å². The van der Waals surface area contributed by atoms with Gasteiger partial charge in [0.25, 0.3) is 0 Å². The van der Waals surface area contributed by atoms with Gasteiger partial charge in [-0.1, -0.05) is 19.8 Å². The topological polar surface area (TPSA) is 61.2 Å². The summed E-state index contributed by atoms with van der Waals surface area (Å²) in [7, 11) is 0. The van der Waals surface area contributed by atoms with Crippen molar-refractivity contribution in [2.45, 2.75) is 51.5 Å². The van der Waals surface area contributed by atoms with E-state index in [-0.39, 0.29) is 11.8 Å². The van der Waals surface area contributed by atoms with Crippen LogP contribution in [-0.2, 0) is 9.59 Å². The molecule has 0 radical (unpaired) electrons. The Kier molecular flexibility index (Phi) is 2.71. The minimum Gasteiger partial charge on any atom is -0.274 e. The number of nitrogens with zero attached hydrogens (tertiary/aromatic N) is 2. The molecule has 86 valence electrons. The SMILES string of the molecule is CCC(C#N)N1C(=O)CC2(CCCC2)C1=O. The molecule has 2 aliphatic rings. The Morgan fingerprint density at radius 3 is 2.56 bits per heavy atom. The summed E-state index contributed by atoms with van der Waals surface area (Å²) in [5, 5.41) is 8.96. The number of hydrogen-bond acceptors (Lipinski definition) is 3. The van der Waals surface area contributed by atoms with Gasteiger partial charge in [-0.2, -0.15) is 5.26 Å². The molecule has 4 nitrogen and oxygen atoms in total. The van der Waals surface area contributed by atoms with Gasteiger partial charge in [0.2, 0.25) is 11.8 Å². The predicted octanol–water partition coefficient (Wildman–Crippen LogP) is 1.61. The second kappa shape index (κ2) is 3.89. The Morgan fingerprint density at radius 2 is 2.06 bits per heavy atom. The highest BCUT2D eigenvalue weighted by Crippen LogP contribution is 2.47. The van der Waals surface area contributed by atoms with E-state index in [1.807, 2.05) is 13.0 Å². The fourth-order valence-corrected chi connectivity index (χ4v) is 2.91. The van der Waals surface area contributed by atoms with Crippen LogP contribution in [0.1, 0.15) is 45.4 Å². The second-order valence-corrected chi connectivity index (χ2v) is 4.79. The first kappa shape index (κ1) is 11.1. The molecule has 1 spiro atoms. The number of likely N-dealkylation sites (tertiary alicyclic amines) is 1. The summed E-state index contributed by atoms with van der Waals surface area (Å²) in [6, 6.07) is 1.48. The number of hydrogen-bond donors (Lipinski definition) is 0. The van der Waals surface area contributed by atoms with E-state index in [4.69, 9.17) is 5.26 Å². The van der Waals surface area contributed by atoms with Crippen LogP contribution in [0.25, 0.3) is 0 Å². The fourth-order valence-electron chi connectivity index (χ4n) is 2.91. The van der Waals surface area contributed by atoms with Crippen molar-refractivity contribution in [2.75, 3.05) is 0 Å².